The molecular weight excluding hydrogens is 242 g/mol. The van der Waals surface area contributed by atoms with Crippen LogP contribution in [0.2, 0.25) is 0 Å². The topological polar surface area (TPSA) is 89.7 Å². The fourth-order valence-corrected chi connectivity index (χ4v) is 1.95. The molecule has 0 spiro atoms. The number of nitrogen functional groups attached to an aromatic ring is 1. The molecule has 3 aromatic rings. The first-order valence-corrected chi connectivity index (χ1v) is 5.97. The van der Waals surface area contributed by atoms with Gasteiger partial charge in [-0.1, -0.05) is 6.07 Å². The van der Waals surface area contributed by atoms with E-state index in [4.69, 9.17) is 10.5 Å². The fraction of sp³-hybridized carbons (Fsp3) is 0.154. The second-order valence-corrected chi connectivity index (χ2v) is 4.02. The zero-order valence-electron chi connectivity index (χ0n) is 10.4. The molecule has 2 heterocycles. The molecular formula is C13H13N5O. The van der Waals surface area contributed by atoms with E-state index in [1.54, 1.807) is 6.20 Å². The van der Waals surface area contributed by atoms with Gasteiger partial charge in [-0.25, -0.2) is 4.98 Å². The van der Waals surface area contributed by atoms with Gasteiger partial charge in [0.15, 0.2) is 0 Å². The third-order valence-corrected chi connectivity index (χ3v) is 2.77. The first kappa shape index (κ1) is 11.5. The standard InChI is InChI=1S/C13H13N5O/c1-2-19-12-9-7-8(10-5-6-15-18-10)3-4-11(9)16-13(14)17-12/h3-7H,2H2,1H3,(H,15,18)(H2,14,16,17). The van der Waals surface area contributed by atoms with Crippen LogP contribution in [0.4, 0.5) is 5.95 Å². The number of fused-ring (bicyclic) bond motifs is 1. The van der Waals surface area contributed by atoms with Crippen LogP contribution in [0.5, 0.6) is 5.88 Å². The van der Waals surface area contributed by atoms with Crippen LogP contribution in [0.3, 0.4) is 0 Å². The predicted octanol–water partition coefficient (Wildman–Crippen LogP) is 2.00. The van der Waals surface area contributed by atoms with Gasteiger partial charge in [0.2, 0.25) is 11.8 Å². The highest BCUT2D eigenvalue weighted by molar-refractivity contribution is 5.88. The van der Waals surface area contributed by atoms with Crippen molar-refractivity contribution in [1.29, 1.82) is 0 Å². The van der Waals surface area contributed by atoms with Crippen molar-refractivity contribution in [3.05, 3.63) is 30.5 Å². The third-order valence-electron chi connectivity index (χ3n) is 2.77. The molecule has 96 valence electrons. The Morgan fingerprint density at radius 3 is 2.89 bits per heavy atom. The minimum absolute atomic E-state index is 0.213. The van der Waals surface area contributed by atoms with Gasteiger partial charge in [-0.15, -0.1) is 0 Å². The highest BCUT2D eigenvalue weighted by Crippen LogP contribution is 2.28. The monoisotopic (exact) mass is 255 g/mol. The van der Waals surface area contributed by atoms with Crippen molar-refractivity contribution in [2.45, 2.75) is 6.92 Å². The molecule has 1 aromatic carbocycles. The molecule has 19 heavy (non-hydrogen) atoms. The van der Waals surface area contributed by atoms with Crippen LogP contribution in [0.1, 0.15) is 6.92 Å². The van der Waals surface area contributed by atoms with Crippen molar-refractivity contribution >= 4 is 16.9 Å². The predicted molar refractivity (Wildman–Crippen MR) is 72.7 cm³/mol. The van der Waals surface area contributed by atoms with Crippen molar-refractivity contribution < 1.29 is 4.74 Å². The van der Waals surface area contributed by atoms with Crippen LogP contribution < -0.4 is 10.5 Å². The van der Waals surface area contributed by atoms with Gasteiger partial charge in [0, 0.05) is 11.8 Å². The molecule has 2 aromatic heterocycles. The minimum Gasteiger partial charge on any atom is -0.477 e. The lowest BCUT2D eigenvalue weighted by Gasteiger charge is -2.08. The number of aromatic amines is 1. The second kappa shape index (κ2) is 4.56. The van der Waals surface area contributed by atoms with Gasteiger partial charge >= 0.3 is 0 Å². The van der Waals surface area contributed by atoms with Crippen LogP contribution in [-0.2, 0) is 0 Å². The lowest BCUT2D eigenvalue weighted by Crippen LogP contribution is -2.01. The van der Waals surface area contributed by atoms with E-state index >= 15 is 0 Å². The number of H-pyrrole nitrogens is 1. The van der Waals surface area contributed by atoms with Gasteiger partial charge in [0.1, 0.15) is 0 Å². The van der Waals surface area contributed by atoms with Crippen molar-refractivity contribution in [2.75, 3.05) is 12.3 Å². The maximum atomic E-state index is 5.67. The molecule has 0 amide bonds. The first-order chi connectivity index (χ1) is 9.28. The number of nitrogens with zero attached hydrogens (tertiary/aromatic N) is 3. The molecule has 3 N–H and O–H groups in total. The summed E-state index contributed by atoms with van der Waals surface area (Å²) in [5.74, 6) is 0.719. The van der Waals surface area contributed by atoms with E-state index < -0.39 is 0 Å². The van der Waals surface area contributed by atoms with Crippen LogP contribution >= 0.6 is 0 Å². The van der Waals surface area contributed by atoms with Gasteiger partial charge < -0.3 is 10.5 Å². The van der Waals surface area contributed by atoms with E-state index in [1.165, 1.54) is 0 Å². The van der Waals surface area contributed by atoms with Crippen LogP contribution in [-0.4, -0.2) is 26.8 Å². The van der Waals surface area contributed by atoms with Crippen molar-refractivity contribution in [2.24, 2.45) is 0 Å². The molecule has 0 aliphatic rings. The Bertz CT molecular complexity index is 708. The summed E-state index contributed by atoms with van der Waals surface area (Å²) < 4.78 is 5.52. The smallest absolute Gasteiger partial charge is 0.226 e. The van der Waals surface area contributed by atoms with E-state index in [2.05, 4.69) is 20.2 Å². The summed E-state index contributed by atoms with van der Waals surface area (Å²) in [5.41, 5.74) is 8.36. The van der Waals surface area contributed by atoms with Crippen molar-refractivity contribution in [1.82, 2.24) is 20.2 Å². The summed E-state index contributed by atoms with van der Waals surface area (Å²) in [7, 11) is 0. The molecule has 6 heteroatoms. The average molecular weight is 255 g/mol. The van der Waals surface area contributed by atoms with Crippen LogP contribution in [0.25, 0.3) is 22.2 Å². The van der Waals surface area contributed by atoms with Gasteiger partial charge in [-0.05, 0) is 25.1 Å². The zero-order chi connectivity index (χ0) is 13.2. The minimum atomic E-state index is 0.213. The van der Waals surface area contributed by atoms with E-state index in [9.17, 15) is 0 Å². The quantitative estimate of drug-likeness (QED) is 0.747. The summed E-state index contributed by atoms with van der Waals surface area (Å²) in [5, 5.41) is 7.70. The van der Waals surface area contributed by atoms with E-state index in [0.29, 0.717) is 12.5 Å². The van der Waals surface area contributed by atoms with Crippen molar-refractivity contribution in [3.63, 3.8) is 0 Å². The van der Waals surface area contributed by atoms with E-state index in [0.717, 1.165) is 22.2 Å². The second-order valence-electron chi connectivity index (χ2n) is 4.02. The maximum absolute atomic E-state index is 5.67. The lowest BCUT2D eigenvalue weighted by atomic mass is 10.1. The number of nitrogens with one attached hydrogen (secondary N) is 1. The summed E-state index contributed by atoms with van der Waals surface area (Å²) in [6, 6.07) is 7.72. The number of nitrogens with two attached hydrogens (primary N) is 1. The molecule has 6 nitrogen and oxygen atoms in total. The number of aromatic nitrogens is 4. The van der Waals surface area contributed by atoms with Crippen LogP contribution in [0, 0.1) is 0 Å². The Hall–Kier alpha value is -2.63. The summed E-state index contributed by atoms with van der Waals surface area (Å²) >= 11 is 0. The maximum Gasteiger partial charge on any atom is 0.226 e. The molecule has 0 aliphatic carbocycles. The Balaban J connectivity index is 2.20. The largest absolute Gasteiger partial charge is 0.477 e. The fourth-order valence-electron chi connectivity index (χ4n) is 1.95. The molecule has 0 aliphatic heterocycles. The lowest BCUT2D eigenvalue weighted by molar-refractivity contribution is 0.331. The highest BCUT2D eigenvalue weighted by Gasteiger charge is 2.09. The van der Waals surface area contributed by atoms with Gasteiger partial charge in [0.05, 0.1) is 23.2 Å². The Kier molecular flexibility index (Phi) is 2.75. The normalized spacial score (nSPS) is 10.8. The summed E-state index contributed by atoms with van der Waals surface area (Å²) in [4.78, 5) is 8.33. The van der Waals surface area contributed by atoms with Gasteiger partial charge in [-0.2, -0.15) is 10.1 Å². The van der Waals surface area contributed by atoms with Gasteiger partial charge in [-0.3, -0.25) is 5.10 Å². The summed E-state index contributed by atoms with van der Waals surface area (Å²) in [6.07, 6.45) is 1.71. The first-order valence-electron chi connectivity index (χ1n) is 5.97. The molecule has 0 saturated heterocycles. The molecule has 0 saturated carbocycles. The Labute approximate surface area is 109 Å². The number of anilines is 1. The Morgan fingerprint density at radius 1 is 1.26 bits per heavy atom. The molecule has 0 atom stereocenters. The molecule has 0 bridgehead atoms. The zero-order valence-corrected chi connectivity index (χ0v) is 10.4. The van der Waals surface area contributed by atoms with E-state index in [-0.39, 0.29) is 5.95 Å². The summed E-state index contributed by atoms with van der Waals surface area (Å²) in [6.45, 7) is 2.43. The average Bonchev–Trinajstić information content (AvgIpc) is 2.92. The highest BCUT2D eigenvalue weighted by atomic mass is 16.5. The van der Waals surface area contributed by atoms with Crippen LogP contribution in [0.15, 0.2) is 30.5 Å². The molecule has 3 rings (SSSR count). The van der Waals surface area contributed by atoms with Crippen molar-refractivity contribution in [3.8, 4) is 17.1 Å². The van der Waals surface area contributed by atoms with Gasteiger partial charge in [0.25, 0.3) is 0 Å². The number of rotatable bonds is 3. The number of ether oxygens (including phenoxy) is 1. The number of benzene rings is 1. The third kappa shape index (κ3) is 2.08. The number of hydrogen-bond donors (Lipinski definition) is 2. The Morgan fingerprint density at radius 2 is 2.16 bits per heavy atom. The van der Waals surface area contributed by atoms with E-state index in [1.807, 2.05) is 31.2 Å². The molecule has 0 radical (unpaired) electrons. The number of hydrogen-bond acceptors (Lipinski definition) is 5. The molecule has 0 unspecified atom stereocenters. The molecule has 0 fully saturated rings. The SMILES string of the molecule is CCOc1nc(N)nc2ccc(-c3ccn[nH]3)cc12.